The van der Waals surface area contributed by atoms with E-state index in [1.165, 1.54) is 3.57 Å². The first-order valence-corrected chi connectivity index (χ1v) is 7.05. The molecule has 100 valence electrons. The predicted molar refractivity (Wildman–Crippen MR) is 85.0 cm³/mol. The molecule has 0 fully saturated rings. The molecule has 0 aliphatic heterocycles. The first-order valence-electron chi connectivity index (χ1n) is 5.97. The Hall–Kier alpha value is -0.550. The highest BCUT2D eigenvalue weighted by Crippen LogP contribution is 2.25. The zero-order chi connectivity index (χ0) is 13.6. The standard InChI is InChI=1S/C15H21IO2/c1-15(2,11-17-3)9-5-6-12-10-13(16)7-8-14(12)18-4/h5-8,10H,9,11H2,1-4H3/b6-5+. The van der Waals surface area contributed by atoms with Crippen molar-refractivity contribution in [3.8, 4) is 5.75 Å². The fourth-order valence-electron chi connectivity index (χ4n) is 1.79. The summed E-state index contributed by atoms with van der Waals surface area (Å²) in [6, 6.07) is 6.17. The lowest BCUT2D eigenvalue weighted by molar-refractivity contribution is 0.106. The molecule has 0 aliphatic carbocycles. The Labute approximate surface area is 124 Å². The van der Waals surface area contributed by atoms with Crippen LogP contribution in [0, 0.1) is 8.99 Å². The largest absolute Gasteiger partial charge is 0.496 e. The number of ether oxygens (including phenoxy) is 2. The van der Waals surface area contributed by atoms with Gasteiger partial charge in [-0.25, -0.2) is 0 Å². The summed E-state index contributed by atoms with van der Waals surface area (Å²) in [5.41, 5.74) is 1.29. The van der Waals surface area contributed by atoms with Crippen molar-refractivity contribution in [1.29, 1.82) is 0 Å². The lowest BCUT2D eigenvalue weighted by Crippen LogP contribution is -2.16. The molecule has 0 heterocycles. The molecule has 0 aliphatic rings. The van der Waals surface area contributed by atoms with Crippen molar-refractivity contribution in [3.05, 3.63) is 33.4 Å². The van der Waals surface area contributed by atoms with Crippen molar-refractivity contribution >= 4 is 28.7 Å². The fraction of sp³-hybridized carbons (Fsp3) is 0.467. The quantitative estimate of drug-likeness (QED) is 0.702. The minimum absolute atomic E-state index is 0.167. The normalized spacial score (nSPS) is 12.1. The molecule has 18 heavy (non-hydrogen) atoms. The molecule has 0 saturated heterocycles. The van der Waals surface area contributed by atoms with Crippen molar-refractivity contribution in [2.24, 2.45) is 5.41 Å². The molecule has 1 aromatic rings. The predicted octanol–water partition coefficient (Wildman–Crippen LogP) is 4.38. The van der Waals surface area contributed by atoms with Crippen LogP contribution in [-0.2, 0) is 4.74 Å². The molecule has 0 radical (unpaired) electrons. The Balaban J connectivity index is 2.75. The van der Waals surface area contributed by atoms with Crippen molar-refractivity contribution in [2.45, 2.75) is 20.3 Å². The summed E-state index contributed by atoms with van der Waals surface area (Å²) in [6.07, 6.45) is 5.29. The molecule has 1 aromatic carbocycles. The highest BCUT2D eigenvalue weighted by atomic mass is 127. The van der Waals surface area contributed by atoms with Crippen LogP contribution in [0.2, 0.25) is 0 Å². The smallest absolute Gasteiger partial charge is 0.126 e. The highest BCUT2D eigenvalue weighted by molar-refractivity contribution is 14.1. The third-order valence-corrected chi connectivity index (χ3v) is 3.37. The summed E-state index contributed by atoms with van der Waals surface area (Å²) in [6.45, 7) is 5.17. The van der Waals surface area contributed by atoms with Gasteiger partial charge in [0.2, 0.25) is 0 Å². The number of hydrogen-bond acceptors (Lipinski definition) is 2. The van der Waals surface area contributed by atoms with E-state index in [4.69, 9.17) is 9.47 Å². The Morgan fingerprint density at radius 1 is 1.28 bits per heavy atom. The van der Waals surface area contributed by atoms with Crippen LogP contribution in [0.3, 0.4) is 0 Å². The summed E-state index contributed by atoms with van der Waals surface area (Å²) in [7, 11) is 3.45. The lowest BCUT2D eigenvalue weighted by atomic mass is 9.90. The minimum atomic E-state index is 0.167. The molecule has 0 atom stereocenters. The maximum atomic E-state index is 5.35. The molecule has 0 bridgehead atoms. The van der Waals surface area contributed by atoms with Gasteiger partial charge < -0.3 is 9.47 Å². The van der Waals surface area contributed by atoms with Gasteiger partial charge >= 0.3 is 0 Å². The van der Waals surface area contributed by atoms with Crippen LogP contribution >= 0.6 is 22.6 Å². The van der Waals surface area contributed by atoms with Crippen LogP contribution in [-0.4, -0.2) is 20.8 Å². The van der Waals surface area contributed by atoms with Crippen LogP contribution in [0.5, 0.6) is 5.75 Å². The second-order valence-electron chi connectivity index (χ2n) is 5.09. The topological polar surface area (TPSA) is 18.5 Å². The fourth-order valence-corrected chi connectivity index (χ4v) is 2.31. The number of hydrogen-bond donors (Lipinski definition) is 0. The molecule has 2 nitrogen and oxygen atoms in total. The van der Waals surface area contributed by atoms with Gasteiger partial charge in [-0.2, -0.15) is 0 Å². The Morgan fingerprint density at radius 2 is 2.00 bits per heavy atom. The number of benzene rings is 1. The summed E-state index contributed by atoms with van der Waals surface area (Å²) in [5, 5.41) is 0. The minimum Gasteiger partial charge on any atom is -0.496 e. The van der Waals surface area contributed by atoms with Gasteiger partial charge in [-0.05, 0) is 52.6 Å². The van der Waals surface area contributed by atoms with Crippen molar-refractivity contribution < 1.29 is 9.47 Å². The second-order valence-corrected chi connectivity index (χ2v) is 6.34. The summed E-state index contributed by atoms with van der Waals surface area (Å²) in [4.78, 5) is 0. The third kappa shape index (κ3) is 4.98. The van der Waals surface area contributed by atoms with Gasteiger partial charge in [-0.3, -0.25) is 0 Å². The van der Waals surface area contributed by atoms with Gasteiger partial charge in [0.25, 0.3) is 0 Å². The van der Waals surface area contributed by atoms with Crippen LogP contribution in [0.15, 0.2) is 24.3 Å². The summed E-state index contributed by atoms with van der Waals surface area (Å²) in [5.74, 6) is 0.913. The number of halogens is 1. The maximum absolute atomic E-state index is 5.35. The van der Waals surface area contributed by atoms with E-state index in [-0.39, 0.29) is 5.41 Å². The SMILES string of the molecule is COCC(C)(C)C/C=C/c1cc(I)ccc1OC. The van der Waals surface area contributed by atoms with Gasteiger partial charge in [0.1, 0.15) is 5.75 Å². The monoisotopic (exact) mass is 360 g/mol. The van der Waals surface area contributed by atoms with Crippen LogP contribution < -0.4 is 4.74 Å². The Bertz CT molecular complexity index is 411. The first-order chi connectivity index (χ1) is 8.48. The zero-order valence-electron chi connectivity index (χ0n) is 11.5. The molecule has 0 amide bonds. The van der Waals surface area contributed by atoms with Crippen LogP contribution in [0.1, 0.15) is 25.8 Å². The van der Waals surface area contributed by atoms with E-state index in [2.05, 4.69) is 54.7 Å². The second kappa shape index (κ2) is 7.14. The molecule has 0 spiro atoms. The lowest BCUT2D eigenvalue weighted by Gasteiger charge is -2.21. The van der Waals surface area contributed by atoms with E-state index in [1.807, 2.05) is 12.1 Å². The summed E-state index contributed by atoms with van der Waals surface area (Å²) >= 11 is 2.31. The van der Waals surface area contributed by atoms with Crippen molar-refractivity contribution in [1.82, 2.24) is 0 Å². The van der Waals surface area contributed by atoms with E-state index >= 15 is 0 Å². The van der Waals surface area contributed by atoms with E-state index < -0.39 is 0 Å². The van der Waals surface area contributed by atoms with Gasteiger partial charge in [-0.15, -0.1) is 0 Å². The van der Waals surface area contributed by atoms with Gasteiger partial charge in [-0.1, -0.05) is 26.0 Å². The number of allylic oxidation sites excluding steroid dienone is 1. The average molecular weight is 360 g/mol. The molecular weight excluding hydrogens is 339 g/mol. The highest BCUT2D eigenvalue weighted by Gasteiger charge is 2.15. The van der Waals surface area contributed by atoms with E-state index in [0.717, 1.165) is 24.3 Å². The van der Waals surface area contributed by atoms with E-state index in [9.17, 15) is 0 Å². The Morgan fingerprint density at radius 3 is 2.61 bits per heavy atom. The van der Waals surface area contributed by atoms with Crippen molar-refractivity contribution in [3.63, 3.8) is 0 Å². The first kappa shape index (κ1) is 15.5. The Kier molecular flexibility index (Phi) is 6.15. The molecule has 3 heteroatoms. The molecular formula is C15H21IO2. The molecule has 0 N–H and O–H groups in total. The summed E-state index contributed by atoms with van der Waals surface area (Å²) < 4.78 is 11.8. The van der Waals surface area contributed by atoms with Crippen LogP contribution in [0.4, 0.5) is 0 Å². The average Bonchev–Trinajstić information content (AvgIpc) is 2.29. The maximum Gasteiger partial charge on any atom is 0.126 e. The van der Waals surface area contributed by atoms with Gasteiger partial charge in [0, 0.05) is 16.2 Å². The third-order valence-electron chi connectivity index (χ3n) is 2.69. The van der Waals surface area contributed by atoms with E-state index in [0.29, 0.717) is 0 Å². The molecule has 0 aromatic heterocycles. The number of rotatable bonds is 6. The van der Waals surface area contributed by atoms with E-state index in [1.54, 1.807) is 14.2 Å². The number of methoxy groups -OCH3 is 2. The van der Waals surface area contributed by atoms with Crippen molar-refractivity contribution in [2.75, 3.05) is 20.8 Å². The molecule has 0 saturated carbocycles. The van der Waals surface area contributed by atoms with Gasteiger partial charge in [0.05, 0.1) is 13.7 Å². The molecule has 1 rings (SSSR count). The molecule has 0 unspecified atom stereocenters. The zero-order valence-corrected chi connectivity index (χ0v) is 13.7. The van der Waals surface area contributed by atoms with Crippen LogP contribution in [0.25, 0.3) is 6.08 Å². The van der Waals surface area contributed by atoms with Gasteiger partial charge in [0.15, 0.2) is 0 Å².